The van der Waals surface area contributed by atoms with E-state index in [0.29, 0.717) is 12.8 Å². The van der Waals surface area contributed by atoms with Gasteiger partial charge in [-0.15, -0.1) is 0 Å². The Labute approximate surface area is 206 Å². The third kappa shape index (κ3) is 4.90. The number of alkyl carbamates (subject to hydrolysis) is 1. The van der Waals surface area contributed by atoms with Crippen molar-refractivity contribution in [2.24, 2.45) is 10.8 Å². The zero-order valence-corrected chi connectivity index (χ0v) is 20.6. The van der Waals surface area contributed by atoms with Crippen LogP contribution in [-0.4, -0.2) is 42.3 Å². The number of fused-ring (bicyclic) bond motifs is 3. The zero-order chi connectivity index (χ0) is 25.2. The largest absolute Gasteiger partial charge is 0.481 e. The van der Waals surface area contributed by atoms with Crippen LogP contribution in [0.4, 0.5) is 4.79 Å². The fraction of sp³-hybridized carbons (Fsp3) is 0.464. The van der Waals surface area contributed by atoms with Crippen molar-refractivity contribution in [3.05, 3.63) is 59.7 Å². The van der Waals surface area contributed by atoms with E-state index < -0.39 is 28.9 Å². The smallest absolute Gasteiger partial charge is 0.407 e. The van der Waals surface area contributed by atoms with E-state index in [9.17, 15) is 19.5 Å². The Morgan fingerprint density at radius 1 is 1.03 bits per heavy atom. The molecule has 0 radical (unpaired) electrons. The lowest BCUT2D eigenvalue weighted by atomic mass is 9.71. The number of carbonyl (C=O) groups excluding carboxylic acids is 2. The first-order chi connectivity index (χ1) is 16.6. The van der Waals surface area contributed by atoms with Gasteiger partial charge < -0.3 is 20.5 Å². The van der Waals surface area contributed by atoms with Gasteiger partial charge in [0.2, 0.25) is 5.91 Å². The van der Waals surface area contributed by atoms with Crippen LogP contribution in [0.2, 0.25) is 0 Å². The van der Waals surface area contributed by atoms with E-state index in [0.717, 1.165) is 35.1 Å². The lowest BCUT2D eigenvalue weighted by Crippen LogP contribution is -2.56. The summed E-state index contributed by atoms with van der Waals surface area (Å²) in [4.78, 5) is 37.4. The predicted octanol–water partition coefficient (Wildman–Crippen LogP) is 4.70. The van der Waals surface area contributed by atoms with Gasteiger partial charge in [-0.2, -0.15) is 0 Å². The molecule has 0 spiro atoms. The molecule has 7 nitrogen and oxygen atoms in total. The first kappa shape index (κ1) is 24.8. The molecule has 2 unspecified atom stereocenters. The highest BCUT2D eigenvalue weighted by Crippen LogP contribution is 2.44. The summed E-state index contributed by atoms with van der Waals surface area (Å²) >= 11 is 0. The van der Waals surface area contributed by atoms with E-state index in [2.05, 4.69) is 34.9 Å². The van der Waals surface area contributed by atoms with Crippen molar-refractivity contribution in [2.75, 3.05) is 13.2 Å². The third-order valence-corrected chi connectivity index (χ3v) is 7.63. The van der Waals surface area contributed by atoms with Gasteiger partial charge in [0.1, 0.15) is 6.61 Å². The van der Waals surface area contributed by atoms with Crippen LogP contribution in [0.1, 0.15) is 63.5 Å². The second kappa shape index (κ2) is 9.72. The van der Waals surface area contributed by atoms with E-state index in [-0.39, 0.29) is 25.0 Å². The standard InChI is InChI=1S/C28H34N2O5/c1-27(2,24(31)30-23-14-8-9-15-28(23,3)25(32)33)17-29-26(34)35-16-22-20-12-6-4-10-18(20)19-11-5-7-13-21(19)22/h4-7,10-13,22-23H,8-9,14-17H2,1-3H3,(H,29,34)(H,30,31)(H,32,33). The Kier molecular flexibility index (Phi) is 6.88. The van der Waals surface area contributed by atoms with Crippen LogP contribution in [0.15, 0.2) is 48.5 Å². The average molecular weight is 479 g/mol. The van der Waals surface area contributed by atoms with Crippen LogP contribution in [-0.2, 0) is 14.3 Å². The Morgan fingerprint density at radius 2 is 1.63 bits per heavy atom. The second-order valence-corrected chi connectivity index (χ2v) is 10.6. The van der Waals surface area contributed by atoms with E-state index in [4.69, 9.17) is 4.74 Å². The molecule has 2 amide bonds. The van der Waals surface area contributed by atoms with Crippen molar-refractivity contribution in [3.8, 4) is 11.1 Å². The summed E-state index contributed by atoms with van der Waals surface area (Å²) in [6, 6.07) is 15.8. The maximum Gasteiger partial charge on any atom is 0.407 e. The monoisotopic (exact) mass is 478 g/mol. The summed E-state index contributed by atoms with van der Waals surface area (Å²) < 4.78 is 5.57. The minimum atomic E-state index is -0.982. The summed E-state index contributed by atoms with van der Waals surface area (Å²) in [6.45, 7) is 5.43. The number of benzene rings is 2. The molecule has 35 heavy (non-hydrogen) atoms. The molecule has 2 aliphatic carbocycles. The van der Waals surface area contributed by atoms with Crippen molar-refractivity contribution in [2.45, 2.75) is 58.4 Å². The Morgan fingerprint density at radius 3 is 2.23 bits per heavy atom. The van der Waals surface area contributed by atoms with E-state index in [1.807, 2.05) is 24.3 Å². The van der Waals surface area contributed by atoms with E-state index in [1.54, 1.807) is 20.8 Å². The molecule has 1 saturated carbocycles. The molecule has 7 heteroatoms. The quantitative estimate of drug-likeness (QED) is 0.535. The van der Waals surface area contributed by atoms with Crippen LogP contribution >= 0.6 is 0 Å². The van der Waals surface area contributed by atoms with Crippen LogP contribution in [0.3, 0.4) is 0 Å². The molecule has 0 heterocycles. The molecule has 186 valence electrons. The van der Waals surface area contributed by atoms with Crippen LogP contribution in [0.5, 0.6) is 0 Å². The summed E-state index contributed by atoms with van der Waals surface area (Å²) in [5, 5.41) is 15.4. The highest BCUT2D eigenvalue weighted by atomic mass is 16.5. The Balaban J connectivity index is 1.33. The number of aliphatic carboxylic acids is 1. The fourth-order valence-corrected chi connectivity index (χ4v) is 5.20. The summed E-state index contributed by atoms with van der Waals surface area (Å²) in [5.41, 5.74) is 2.68. The van der Waals surface area contributed by atoms with Crippen molar-refractivity contribution in [1.82, 2.24) is 10.6 Å². The Hall–Kier alpha value is -3.35. The number of carboxylic acid groups (broad SMARTS) is 1. The maximum absolute atomic E-state index is 13.0. The average Bonchev–Trinajstić information content (AvgIpc) is 3.16. The van der Waals surface area contributed by atoms with Gasteiger partial charge >= 0.3 is 12.1 Å². The van der Waals surface area contributed by atoms with Crippen LogP contribution in [0, 0.1) is 10.8 Å². The van der Waals surface area contributed by atoms with Crippen molar-refractivity contribution < 1.29 is 24.2 Å². The second-order valence-electron chi connectivity index (χ2n) is 10.6. The minimum absolute atomic E-state index is 0.0375. The molecule has 4 rings (SSSR count). The van der Waals surface area contributed by atoms with Gasteiger partial charge in [0.15, 0.2) is 0 Å². The molecule has 0 saturated heterocycles. The van der Waals surface area contributed by atoms with Crippen LogP contribution in [0.25, 0.3) is 11.1 Å². The van der Waals surface area contributed by atoms with E-state index in [1.165, 1.54) is 0 Å². The molecular formula is C28H34N2O5. The van der Waals surface area contributed by atoms with Crippen LogP contribution < -0.4 is 10.6 Å². The molecule has 2 aliphatic rings. The van der Waals surface area contributed by atoms with E-state index >= 15 is 0 Å². The molecule has 0 aromatic heterocycles. The van der Waals surface area contributed by atoms with Gasteiger partial charge in [-0.05, 0) is 55.9 Å². The molecular weight excluding hydrogens is 444 g/mol. The number of carbonyl (C=O) groups is 3. The molecule has 3 N–H and O–H groups in total. The molecule has 2 aromatic rings. The lowest BCUT2D eigenvalue weighted by molar-refractivity contribution is -0.152. The molecule has 2 atom stereocenters. The third-order valence-electron chi connectivity index (χ3n) is 7.63. The SMILES string of the molecule is CC(C)(CNC(=O)OCC1c2ccccc2-c2ccccc21)C(=O)NC1CCCCC1(C)C(=O)O. The number of hydrogen-bond acceptors (Lipinski definition) is 4. The fourth-order valence-electron chi connectivity index (χ4n) is 5.20. The highest BCUT2D eigenvalue weighted by molar-refractivity contribution is 5.84. The predicted molar refractivity (Wildman–Crippen MR) is 133 cm³/mol. The molecule has 2 aromatic carbocycles. The zero-order valence-electron chi connectivity index (χ0n) is 20.6. The summed E-state index contributed by atoms with van der Waals surface area (Å²) in [5.74, 6) is -1.21. The minimum Gasteiger partial charge on any atom is -0.481 e. The maximum atomic E-state index is 13.0. The van der Waals surface area contributed by atoms with Crippen molar-refractivity contribution in [1.29, 1.82) is 0 Å². The molecule has 0 bridgehead atoms. The number of ether oxygens (including phenoxy) is 1. The van der Waals surface area contributed by atoms with Gasteiger partial charge in [-0.1, -0.05) is 61.4 Å². The van der Waals surface area contributed by atoms with Crippen molar-refractivity contribution in [3.63, 3.8) is 0 Å². The normalized spacial score (nSPS) is 21.5. The molecule has 0 aliphatic heterocycles. The number of hydrogen-bond donors (Lipinski definition) is 3. The summed E-state index contributed by atoms with van der Waals surface area (Å²) in [7, 11) is 0. The topological polar surface area (TPSA) is 105 Å². The Bertz CT molecular complexity index is 1080. The number of rotatable bonds is 7. The highest BCUT2D eigenvalue weighted by Gasteiger charge is 2.45. The van der Waals surface area contributed by atoms with Gasteiger partial charge in [0.05, 0.1) is 10.8 Å². The van der Waals surface area contributed by atoms with Gasteiger partial charge in [-0.3, -0.25) is 9.59 Å². The number of amides is 2. The van der Waals surface area contributed by atoms with Gasteiger partial charge in [-0.25, -0.2) is 4.79 Å². The number of nitrogens with one attached hydrogen (secondary N) is 2. The van der Waals surface area contributed by atoms with Gasteiger partial charge in [0.25, 0.3) is 0 Å². The number of carboxylic acids is 1. The lowest BCUT2D eigenvalue weighted by Gasteiger charge is -2.39. The van der Waals surface area contributed by atoms with Gasteiger partial charge in [0, 0.05) is 18.5 Å². The first-order valence-electron chi connectivity index (χ1n) is 12.3. The summed E-state index contributed by atoms with van der Waals surface area (Å²) in [6.07, 6.45) is 2.30. The molecule has 1 fully saturated rings. The first-order valence-corrected chi connectivity index (χ1v) is 12.3. The van der Waals surface area contributed by atoms with Crippen molar-refractivity contribution >= 4 is 18.0 Å².